The fourth-order valence-electron chi connectivity index (χ4n) is 2.70. The summed E-state index contributed by atoms with van der Waals surface area (Å²) in [4.78, 5) is 12.1. The van der Waals surface area contributed by atoms with Gasteiger partial charge in [0.15, 0.2) is 0 Å². The first-order valence-corrected chi connectivity index (χ1v) is 7.48. The van der Waals surface area contributed by atoms with Gasteiger partial charge in [0, 0.05) is 23.5 Å². The molecule has 4 aromatic rings. The van der Waals surface area contributed by atoms with Crippen LogP contribution in [0.5, 0.6) is 0 Å². The molecule has 0 bridgehead atoms. The molecule has 122 valence electrons. The summed E-state index contributed by atoms with van der Waals surface area (Å²) in [5, 5.41) is 13.6. The summed E-state index contributed by atoms with van der Waals surface area (Å²) in [6.07, 6.45) is 3.61. The minimum Gasteiger partial charge on any atom is -0.388 e. The van der Waals surface area contributed by atoms with Crippen molar-refractivity contribution in [3.05, 3.63) is 82.4 Å². The molecule has 0 unspecified atom stereocenters. The van der Waals surface area contributed by atoms with E-state index in [9.17, 15) is 14.4 Å². The fourth-order valence-corrected chi connectivity index (χ4v) is 2.70. The van der Waals surface area contributed by atoms with Crippen molar-refractivity contribution < 1.29 is 8.81 Å². The Balaban J connectivity index is 1.74. The molecule has 0 spiro atoms. The summed E-state index contributed by atoms with van der Waals surface area (Å²) < 4.78 is 21.1. The monoisotopic (exact) mass is 334 g/mol. The SMILES string of the molecule is N#Cc1c(Cn2nc(-c3ccc(F)cc3)oc2=O)cn2ccccc12. The normalized spacial score (nSPS) is 10.9. The minimum absolute atomic E-state index is 0.104. The molecule has 0 radical (unpaired) electrons. The van der Waals surface area contributed by atoms with Crippen molar-refractivity contribution in [3.63, 3.8) is 0 Å². The van der Waals surface area contributed by atoms with Crippen LogP contribution in [0.4, 0.5) is 4.39 Å². The van der Waals surface area contributed by atoms with Crippen molar-refractivity contribution in [1.82, 2.24) is 14.2 Å². The number of aromatic nitrogens is 3. The lowest BCUT2D eigenvalue weighted by atomic mass is 10.2. The highest BCUT2D eigenvalue weighted by Gasteiger charge is 2.15. The van der Waals surface area contributed by atoms with Crippen LogP contribution in [0.1, 0.15) is 11.1 Å². The van der Waals surface area contributed by atoms with Crippen molar-refractivity contribution in [2.24, 2.45) is 0 Å². The van der Waals surface area contributed by atoms with E-state index in [0.29, 0.717) is 16.7 Å². The number of pyridine rings is 1. The van der Waals surface area contributed by atoms with Crippen LogP contribution in [-0.4, -0.2) is 14.2 Å². The van der Waals surface area contributed by atoms with Gasteiger partial charge >= 0.3 is 5.76 Å². The van der Waals surface area contributed by atoms with Crippen LogP contribution >= 0.6 is 0 Å². The molecule has 7 heteroatoms. The standard InChI is InChI=1S/C18H11FN4O2/c19-14-6-4-12(5-7-14)17-21-23(18(24)25-17)11-13-10-22-8-2-1-3-16(22)15(13)9-20/h1-8,10H,11H2. The van der Waals surface area contributed by atoms with E-state index >= 15 is 0 Å². The smallest absolute Gasteiger partial charge is 0.388 e. The summed E-state index contributed by atoms with van der Waals surface area (Å²) >= 11 is 0. The number of hydrogen-bond acceptors (Lipinski definition) is 4. The van der Waals surface area contributed by atoms with Gasteiger partial charge in [-0.1, -0.05) is 6.07 Å². The summed E-state index contributed by atoms with van der Waals surface area (Å²) in [5.41, 5.74) is 2.41. The highest BCUT2D eigenvalue weighted by atomic mass is 19.1. The molecule has 0 fully saturated rings. The molecule has 4 rings (SSSR count). The van der Waals surface area contributed by atoms with Crippen LogP contribution in [0.2, 0.25) is 0 Å². The van der Waals surface area contributed by atoms with Gasteiger partial charge in [0.2, 0.25) is 5.89 Å². The summed E-state index contributed by atoms with van der Waals surface area (Å²) in [6, 6.07) is 13.2. The van der Waals surface area contributed by atoms with Crippen LogP contribution in [0.25, 0.3) is 17.0 Å². The van der Waals surface area contributed by atoms with Gasteiger partial charge in [-0.05, 0) is 36.4 Å². The fraction of sp³-hybridized carbons (Fsp3) is 0.0556. The van der Waals surface area contributed by atoms with E-state index in [1.165, 1.54) is 24.3 Å². The first-order chi connectivity index (χ1) is 12.2. The molecule has 1 aromatic carbocycles. The molecule has 0 N–H and O–H groups in total. The number of hydrogen-bond donors (Lipinski definition) is 0. The zero-order valence-electron chi connectivity index (χ0n) is 12.9. The van der Waals surface area contributed by atoms with Gasteiger partial charge in [-0.2, -0.15) is 9.94 Å². The number of nitriles is 1. The largest absolute Gasteiger partial charge is 0.437 e. The van der Waals surface area contributed by atoms with E-state index in [1.54, 1.807) is 6.20 Å². The Kier molecular flexibility index (Phi) is 3.43. The molecule has 0 saturated carbocycles. The number of fused-ring (bicyclic) bond motifs is 1. The number of rotatable bonds is 3. The van der Waals surface area contributed by atoms with Gasteiger partial charge in [-0.3, -0.25) is 0 Å². The van der Waals surface area contributed by atoms with E-state index in [-0.39, 0.29) is 18.3 Å². The molecule has 3 aromatic heterocycles. The van der Waals surface area contributed by atoms with Crippen molar-refractivity contribution in [1.29, 1.82) is 5.26 Å². The van der Waals surface area contributed by atoms with Crippen LogP contribution in [0.3, 0.4) is 0 Å². The highest BCUT2D eigenvalue weighted by Crippen LogP contribution is 2.19. The van der Waals surface area contributed by atoms with Crippen LogP contribution in [0.15, 0.2) is 64.1 Å². The third-order valence-electron chi connectivity index (χ3n) is 3.89. The Bertz CT molecular complexity index is 1160. The number of benzene rings is 1. The summed E-state index contributed by atoms with van der Waals surface area (Å²) in [5.74, 6) is -0.921. The number of nitrogens with zero attached hydrogens (tertiary/aromatic N) is 4. The molecule has 0 saturated heterocycles. The molecule has 3 heterocycles. The van der Waals surface area contributed by atoms with Gasteiger partial charge < -0.3 is 8.82 Å². The Hall–Kier alpha value is -3.66. The Labute approximate surface area is 141 Å². The predicted molar refractivity (Wildman–Crippen MR) is 87.4 cm³/mol. The van der Waals surface area contributed by atoms with Gasteiger partial charge in [0.25, 0.3) is 0 Å². The lowest BCUT2D eigenvalue weighted by Gasteiger charge is -1.96. The Morgan fingerprint density at radius 3 is 2.76 bits per heavy atom. The predicted octanol–water partition coefficient (Wildman–Crippen LogP) is 2.82. The molecule has 0 aliphatic rings. The van der Waals surface area contributed by atoms with E-state index in [1.807, 2.05) is 28.8 Å². The second kappa shape index (κ2) is 5.76. The average molecular weight is 334 g/mol. The van der Waals surface area contributed by atoms with Crippen molar-refractivity contribution in [3.8, 4) is 17.5 Å². The molecule has 0 aliphatic carbocycles. The third kappa shape index (κ3) is 2.60. The third-order valence-corrected chi connectivity index (χ3v) is 3.89. The van der Waals surface area contributed by atoms with E-state index in [2.05, 4.69) is 11.2 Å². The molecular weight excluding hydrogens is 323 g/mol. The lowest BCUT2D eigenvalue weighted by molar-refractivity contribution is 0.495. The van der Waals surface area contributed by atoms with E-state index < -0.39 is 5.76 Å². The molecule has 0 aliphatic heterocycles. The molecule has 0 atom stereocenters. The average Bonchev–Trinajstić information content (AvgIpc) is 3.16. The summed E-state index contributed by atoms with van der Waals surface area (Å²) in [6.45, 7) is 0.105. The van der Waals surface area contributed by atoms with Gasteiger partial charge in [0.1, 0.15) is 11.9 Å². The first-order valence-electron chi connectivity index (χ1n) is 7.48. The van der Waals surface area contributed by atoms with Crippen LogP contribution < -0.4 is 5.76 Å². The van der Waals surface area contributed by atoms with Gasteiger partial charge in [0.05, 0.1) is 17.6 Å². The zero-order chi connectivity index (χ0) is 17.4. The van der Waals surface area contributed by atoms with Crippen LogP contribution in [-0.2, 0) is 6.54 Å². The summed E-state index contributed by atoms with van der Waals surface area (Å²) in [7, 11) is 0. The minimum atomic E-state index is -0.640. The zero-order valence-corrected chi connectivity index (χ0v) is 12.9. The van der Waals surface area contributed by atoms with Crippen LogP contribution in [0, 0.1) is 17.1 Å². The highest BCUT2D eigenvalue weighted by molar-refractivity contribution is 5.65. The van der Waals surface area contributed by atoms with Crippen molar-refractivity contribution in [2.75, 3.05) is 0 Å². The Morgan fingerprint density at radius 2 is 2.00 bits per heavy atom. The molecular formula is C18H11FN4O2. The second-order valence-electron chi connectivity index (χ2n) is 5.47. The maximum Gasteiger partial charge on any atom is 0.437 e. The molecule has 6 nitrogen and oxygen atoms in total. The maximum absolute atomic E-state index is 13.0. The van der Waals surface area contributed by atoms with E-state index in [4.69, 9.17) is 4.42 Å². The first kappa shape index (κ1) is 14.9. The van der Waals surface area contributed by atoms with Crippen molar-refractivity contribution >= 4 is 5.52 Å². The Morgan fingerprint density at radius 1 is 1.20 bits per heavy atom. The van der Waals surface area contributed by atoms with Gasteiger partial charge in [-0.25, -0.2) is 9.18 Å². The van der Waals surface area contributed by atoms with Gasteiger partial charge in [-0.15, -0.1) is 5.10 Å². The number of halogens is 1. The molecule has 0 amide bonds. The second-order valence-corrected chi connectivity index (χ2v) is 5.47. The quantitative estimate of drug-likeness (QED) is 0.577. The maximum atomic E-state index is 13.0. The van der Waals surface area contributed by atoms with E-state index in [0.717, 1.165) is 10.2 Å². The lowest BCUT2D eigenvalue weighted by Crippen LogP contribution is -2.16. The molecule has 25 heavy (non-hydrogen) atoms. The topological polar surface area (TPSA) is 76.2 Å². The van der Waals surface area contributed by atoms with Crippen molar-refractivity contribution in [2.45, 2.75) is 6.54 Å².